The van der Waals surface area contributed by atoms with Crippen LogP contribution in [0.15, 0.2) is 12.4 Å². The Kier molecular flexibility index (Phi) is 4.02. The fourth-order valence-electron chi connectivity index (χ4n) is 2.39. The molecule has 0 aromatic carbocycles. The fourth-order valence-corrected chi connectivity index (χ4v) is 2.39. The number of nitrogens with one attached hydrogen (secondary N) is 1. The molecule has 5 heteroatoms. The van der Waals surface area contributed by atoms with E-state index in [-0.39, 0.29) is 0 Å². The third-order valence-corrected chi connectivity index (χ3v) is 3.41. The fraction of sp³-hybridized carbons (Fsp3) is 0.750. The van der Waals surface area contributed by atoms with Gasteiger partial charge in [0.1, 0.15) is 0 Å². The minimum absolute atomic E-state index is 0.325. The van der Waals surface area contributed by atoms with E-state index in [1.807, 2.05) is 19.4 Å². The molecule has 1 aliphatic rings. The maximum absolute atomic E-state index is 5.21. The quantitative estimate of drug-likeness (QED) is 0.827. The van der Waals surface area contributed by atoms with E-state index < -0.39 is 0 Å². The predicted molar refractivity (Wildman–Crippen MR) is 68.5 cm³/mol. The number of anilines is 1. The Bertz CT molecular complexity index is 352. The minimum atomic E-state index is 0.325. The zero-order valence-corrected chi connectivity index (χ0v) is 10.9. The first kappa shape index (κ1) is 12.4. The molecular formula is C12H22N4O. The van der Waals surface area contributed by atoms with E-state index >= 15 is 0 Å². The van der Waals surface area contributed by atoms with Gasteiger partial charge in [-0.1, -0.05) is 0 Å². The van der Waals surface area contributed by atoms with Crippen LogP contribution in [0.5, 0.6) is 0 Å². The molecule has 1 N–H and O–H groups in total. The van der Waals surface area contributed by atoms with Gasteiger partial charge in [-0.05, 0) is 20.4 Å². The van der Waals surface area contributed by atoms with E-state index in [2.05, 4.69) is 26.7 Å². The van der Waals surface area contributed by atoms with Crippen molar-refractivity contribution in [1.82, 2.24) is 14.9 Å². The molecule has 0 amide bonds. The molecule has 1 aromatic rings. The molecule has 96 valence electrons. The van der Waals surface area contributed by atoms with Crippen LogP contribution in [0.2, 0.25) is 0 Å². The molecule has 0 bridgehead atoms. The summed E-state index contributed by atoms with van der Waals surface area (Å²) in [4.78, 5) is 6.82. The molecule has 0 saturated carbocycles. The van der Waals surface area contributed by atoms with E-state index in [0.29, 0.717) is 18.7 Å². The van der Waals surface area contributed by atoms with Crippen LogP contribution in [0.4, 0.5) is 5.95 Å². The summed E-state index contributed by atoms with van der Waals surface area (Å²) in [5, 5.41) is 3.33. The maximum Gasteiger partial charge on any atom is 0.205 e. The third kappa shape index (κ3) is 2.61. The first-order chi connectivity index (χ1) is 8.26. The van der Waals surface area contributed by atoms with E-state index in [1.165, 1.54) is 6.42 Å². The SMILES string of the molecule is CNC1CCN(c2nccn2C(C)COC)C1. The second-order valence-electron chi connectivity index (χ2n) is 4.66. The van der Waals surface area contributed by atoms with Gasteiger partial charge in [0.15, 0.2) is 0 Å². The van der Waals surface area contributed by atoms with Crippen LogP contribution in [-0.4, -0.2) is 49.4 Å². The van der Waals surface area contributed by atoms with Gasteiger partial charge in [0.2, 0.25) is 5.95 Å². The summed E-state index contributed by atoms with van der Waals surface area (Å²) in [6.45, 7) is 4.97. The average molecular weight is 238 g/mol. The minimum Gasteiger partial charge on any atom is -0.383 e. The molecule has 1 fully saturated rings. The van der Waals surface area contributed by atoms with Crippen LogP contribution < -0.4 is 10.2 Å². The van der Waals surface area contributed by atoms with E-state index in [1.54, 1.807) is 7.11 Å². The van der Waals surface area contributed by atoms with Crippen LogP contribution >= 0.6 is 0 Å². The Hall–Kier alpha value is -1.07. The van der Waals surface area contributed by atoms with Crippen molar-refractivity contribution in [1.29, 1.82) is 0 Å². The lowest BCUT2D eigenvalue weighted by molar-refractivity contribution is 0.162. The highest BCUT2D eigenvalue weighted by atomic mass is 16.5. The van der Waals surface area contributed by atoms with Crippen LogP contribution in [0.3, 0.4) is 0 Å². The molecule has 0 radical (unpaired) electrons. The summed E-state index contributed by atoms with van der Waals surface area (Å²) in [5.41, 5.74) is 0. The highest BCUT2D eigenvalue weighted by molar-refractivity contribution is 5.34. The van der Waals surface area contributed by atoms with E-state index in [0.717, 1.165) is 19.0 Å². The summed E-state index contributed by atoms with van der Waals surface area (Å²) < 4.78 is 7.40. The van der Waals surface area contributed by atoms with Crippen molar-refractivity contribution >= 4 is 5.95 Å². The lowest BCUT2D eigenvalue weighted by Crippen LogP contribution is -2.31. The largest absolute Gasteiger partial charge is 0.383 e. The number of imidazole rings is 1. The standard InChI is InChI=1S/C12H22N4O/c1-10(9-17-3)16-7-5-14-12(16)15-6-4-11(8-15)13-2/h5,7,10-11,13H,4,6,8-9H2,1-3H3. The number of rotatable bonds is 5. The first-order valence-corrected chi connectivity index (χ1v) is 6.20. The van der Waals surface area contributed by atoms with Crippen molar-refractivity contribution in [3.8, 4) is 0 Å². The number of likely N-dealkylation sites (N-methyl/N-ethyl adjacent to an activating group) is 1. The zero-order chi connectivity index (χ0) is 12.3. The van der Waals surface area contributed by atoms with Crippen molar-refractivity contribution in [2.45, 2.75) is 25.4 Å². The topological polar surface area (TPSA) is 42.3 Å². The Morgan fingerprint density at radius 3 is 3.12 bits per heavy atom. The van der Waals surface area contributed by atoms with Crippen molar-refractivity contribution in [3.63, 3.8) is 0 Å². The molecule has 0 spiro atoms. The zero-order valence-electron chi connectivity index (χ0n) is 10.9. The summed E-state index contributed by atoms with van der Waals surface area (Å²) in [5.74, 6) is 1.06. The highest BCUT2D eigenvalue weighted by Crippen LogP contribution is 2.22. The summed E-state index contributed by atoms with van der Waals surface area (Å²) in [6.07, 6.45) is 5.09. The van der Waals surface area contributed by atoms with Crippen molar-refractivity contribution in [3.05, 3.63) is 12.4 Å². The number of hydrogen-bond donors (Lipinski definition) is 1. The average Bonchev–Trinajstić information content (AvgIpc) is 2.97. The predicted octanol–water partition coefficient (Wildman–Crippen LogP) is 0.889. The van der Waals surface area contributed by atoms with Crippen LogP contribution in [-0.2, 0) is 4.74 Å². The monoisotopic (exact) mass is 238 g/mol. The molecule has 1 aliphatic heterocycles. The van der Waals surface area contributed by atoms with Gasteiger partial charge in [-0.2, -0.15) is 0 Å². The molecule has 5 nitrogen and oxygen atoms in total. The summed E-state index contributed by atoms with van der Waals surface area (Å²) in [7, 11) is 3.76. The number of hydrogen-bond acceptors (Lipinski definition) is 4. The van der Waals surface area contributed by atoms with Crippen molar-refractivity contribution < 1.29 is 4.74 Å². The Morgan fingerprint density at radius 1 is 1.65 bits per heavy atom. The molecular weight excluding hydrogens is 216 g/mol. The molecule has 2 unspecified atom stereocenters. The van der Waals surface area contributed by atoms with Gasteiger partial charge in [-0.3, -0.25) is 0 Å². The van der Waals surface area contributed by atoms with Gasteiger partial charge in [0.05, 0.1) is 12.6 Å². The number of nitrogens with zero attached hydrogens (tertiary/aromatic N) is 3. The Morgan fingerprint density at radius 2 is 2.47 bits per heavy atom. The van der Waals surface area contributed by atoms with Crippen molar-refractivity contribution in [2.24, 2.45) is 0 Å². The van der Waals surface area contributed by atoms with Crippen LogP contribution in [0.1, 0.15) is 19.4 Å². The van der Waals surface area contributed by atoms with Crippen LogP contribution in [0.25, 0.3) is 0 Å². The normalized spacial score (nSPS) is 22.1. The Labute approximate surface area is 103 Å². The summed E-state index contributed by atoms with van der Waals surface area (Å²) in [6, 6.07) is 0.906. The Balaban J connectivity index is 2.08. The number of methoxy groups -OCH3 is 1. The van der Waals surface area contributed by atoms with Crippen molar-refractivity contribution in [2.75, 3.05) is 38.8 Å². The molecule has 2 rings (SSSR count). The van der Waals surface area contributed by atoms with Gasteiger partial charge in [-0.15, -0.1) is 0 Å². The smallest absolute Gasteiger partial charge is 0.205 e. The molecule has 0 aliphatic carbocycles. The second kappa shape index (κ2) is 5.51. The van der Waals surface area contributed by atoms with Crippen LogP contribution in [0, 0.1) is 0 Å². The molecule has 2 atom stereocenters. The highest BCUT2D eigenvalue weighted by Gasteiger charge is 2.25. The lowest BCUT2D eigenvalue weighted by Gasteiger charge is -2.22. The second-order valence-corrected chi connectivity index (χ2v) is 4.66. The van der Waals surface area contributed by atoms with Gasteiger partial charge in [0, 0.05) is 38.6 Å². The number of ether oxygens (including phenoxy) is 1. The lowest BCUT2D eigenvalue weighted by atomic mass is 10.3. The van der Waals surface area contributed by atoms with Gasteiger partial charge in [0.25, 0.3) is 0 Å². The molecule has 1 saturated heterocycles. The molecule has 2 heterocycles. The van der Waals surface area contributed by atoms with Gasteiger partial charge < -0.3 is 19.5 Å². The summed E-state index contributed by atoms with van der Waals surface area (Å²) >= 11 is 0. The maximum atomic E-state index is 5.21. The van der Waals surface area contributed by atoms with E-state index in [9.17, 15) is 0 Å². The third-order valence-electron chi connectivity index (χ3n) is 3.41. The molecule has 17 heavy (non-hydrogen) atoms. The molecule has 1 aromatic heterocycles. The van der Waals surface area contributed by atoms with E-state index in [4.69, 9.17) is 4.74 Å². The number of aromatic nitrogens is 2. The van der Waals surface area contributed by atoms with Gasteiger partial charge in [-0.25, -0.2) is 4.98 Å². The first-order valence-electron chi connectivity index (χ1n) is 6.20. The van der Waals surface area contributed by atoms with Gasteiger partial charge >= 0.3 is 0 Å².